The van der Waals surface area contributed by atoms with E-state index >= 15 is 0 Å². The van der Waals surface area contributed by atoms with Crippen molar-refractivity contribution in [2.24, 2.45) is 0 Å². The minimum absolute atomic E-state index is 0.0735. The fourth-order valence-electron chi connectivity index (χ4n) is 2.30. The van der Waals surface area contributed by atoms with E-state index in [1.54, 1.807) is 0 Å². The summed E-state index contributed by atoms with van der Waals surface area (Å²) in [7, 11) is 4.02. The second-order valence-corrected chi connectivity index (χ2v) is 5.47. The fraction of sp³-hybridized carbons (Fsp3) is 0.316. The van der Waals surface area contributed by atoms with Crippen molar-refractivity contribution in [3.8, 4) is 11.8 Å². The summed E-state index contributed by atoms with van der Waals surface area (Å²) >= 11 is 0. The number of hydrogen-bond donors (Lipinski definition) is 0. The van der Waals surface area contributed by atoms with E-state index in [1.807, 2.05) is 56.6 Å². The first-order valence-corrected chi connectivity index (χ1v) is 7.55. The molecule has 0 heterocycles. The van der Waals surface area contributed by atoms with Gasteiger partial charge >= 0.3 is 0 Å². The molecule has 0 bridgehead atoms. The van der Waals surface area contributed by atoms with Crippen LogP contribution in [0.1, 0.15) is 24.3 Å². The molecule has 0 fully saturated rings. The molecular formula is C19H22N2O. The number of hydrogen-bond acceptors (Lipinski definition) is 3. The topological polar surface area (TPSA) is 36.3 Å². The Kier molecular flexibility index (Phi) is 5.85. The van der Waals surface area contributed by atoms with Gasteiger partial charge in [-0.15, -0.1) is 0 Å². The number of rotatable bonds is 7. The Morgan fingerprint density at radius 2 is 1.73 bits per heavy atom. The van der Waals surface area contributed by atoms with Crippen LogP contribution in [0.4, 0.5) is 5.69 Å². The summed E-state index contributed by atoms with van der Waals surface area (Å²) in [5.74, 6) is 0.807. The van der Waals surface area contributed by atoms with Gasteiger partial charge in [0, 0.05) is 19.8 Å². The summed E-state index contributed by atoms with van der Waals surface area (Å²) in [6.07, 6.45) is 1.67. The minimum Gasteiger partial charge on any atom is -0.494 e. The molecule has 2 aromatic rings. The summed E-state index contributed by atoms with van der Waals surface area (Å²) in [6.45, 7) is 0.637. The number of ether oxygens (including phenoxy) is 1. The van der Waals surface area contributed by atoms with Crippen LogP contribution in [0.2, 0.25) is 0 Å². The second-order valence-electron chi connectivity index (χ2n) is 5.47. The third-order valence-electron chi connectivity index (χ3n) is 3.62. The molecule has 114 valence electrons. The van der Waals surface area contributed by atoms with Crippen molar-refractivity contribution in [3.63, 3.8) is 0 Å². The lowest BCUT2D eigenvalue weighted by Crippen LogP contribution is -2.08. The molecule has 0 amide bonds. The molecule has 0 radical (unpaired) electrons. The molecule has 0 N–H and O–H groups in total. The average molecular weight is 294 g/mol. The Bertz CT molecular complexity index is 600. The minimum atomic E-state index is -0.0735. The van der Waals surface area contributed by atoms with Crippen LogP contribution in [0, 0.1) is 11.3 Å². The molecule has 2 rings (SSSR count). The maximum absolute atomic E-state index is 9.37. The van der Waals surface area contributed by atoms with Crippen LogP contribution < -0.4 is 9.64 Å². The van der Waals surface area contributed by atoms with Crippen molar-refractivity contribution in [2.45, 2.75) is 18.8 Å². The third kappa shape index (κ3) is 4.53. The standard InChI is InChI=1S/C19H22N2O/c1-21(2)18-12-10-16(11-13-18)17(15-20)7-6-14-22-19-8-4-3-5-9-19/h3-5,8-13,17H,6-7,14H2,1-2H3. The molecule has 1 atom stereocenters. The van der Waals surface area contributed by atoms with Crippen LogP contribution in [0.25, 0.3) is 0 Å². The van der Waals surface area contributed by atoms with Crippen LogP contribution in [-0.2, 0) is 0 Å². The monoisotopic (exact) mass is 294 g/mol. The van der Waals surface area contributed by atoms with E-state index in [0.29, 0.717) is 6.61 Å². The van der Waals surface area contributed by atoms with Gasteiger partial charge in [-0.25, -0.2) is 0 Å². The highest BCUT2D eigenvalue weighted by atomic mass is 16.5. The molecule has 22 heavy (non-hydrogen) atoms. The Morgan fingerprint density at radius 1 is 1.05 bits per heavy atom. The van der Waals surface area contributed by atoms with Crippen molar-refractivity contribution in [2.75, 3.05) is 25.6 Å². The van der Waals surface area contributed by atoms with Crippen LogP contribution >= 0.6 is 0 Å². The van der Waals surface area contributed by atoms with Crippen LogP contribution in [-0.4, -0.2) is 20.7 Å². The zero-order chi connectivity index (χ0) is 15.8. The van der Waals surface area contributed by atoms with Gasteiger partial charge in [0.25, 0.3) is 0 Å². The molecule has 3 nitrogen and oxygen atoms in total. The molecule has 2 aromatic carbocycles. The number of nitrogens with zero attached hydrogens (tertiary/aromatic N) is 2. The summed E-state index contributed by atoms with van der Waals surface area (Å²) in [5, 5.41) is 9.37. The summed E-state index contributed by atoms with van der Waals surface area (Å²) < 4.78 is 5.67. The van der Waals surface area contributed by atoms with E-state index in [9.17, 15) is 5.26 Å². The van der Waals surface area contributed by atoms with E-state index in [-0.39, 0.29) is 5.92 Å². The largest absolute Gasteiger partial charge is 0.494 e. The SMILES string of the molecule is CN(C)c1ccc(C(C#N)CCCOc2ccccc2)cc1. The Labute approximate surface area is 132 Å². The average Bonchev–Trinajstić information content (AvgIpc) is 2.56. The number of nitriles is 1. The highest BCUT2D eigenvalue weighted by molar-refractivity contribution is 5.47. The van der Waals surface area contributed by atoms with E-state index in [4.69, 9.17) is 4.74 Å². The maximum Gasteiger partial charge on any atom is 0.119 e. The Morgan fingerprint density at radius 3 is 2.32 bits per heavy atom. The van der Waals surface area contributed by atoms with Gasteiger partial charge in [-0.2, -0.15) is 5.26 Å². The molecule has 0 aromatic heterocycles. The number of para-hydroxylation sites is 1. The Balaban J connectivity index is 1.83. The fourth-order valence-corrected chi connectivity index (χ4v) is 2.30. The first-order valence-electron chi connectivity index (χ1n) is 7.55. The Hall–Kier alpha value is -2.47. The van der Waals surface area contributed by atoms with Crippen molar-refractivity contribution < 1.29 is 4.74 Å². The normalized spacial score (nSPS) is 11.5. The third-order valence-corrected chi connectivity index (χ3v) is 3.62. The lowest BCUT2D eigenvalue weighted by Gasteiger charge is -2.14. The zero-order valence-corrected chi connectivity index (χ0v) is 13.2. The summed E-state index contributed by atoms with van der Waals surface area (Å²) in [6, 6.07) is 20.4. The predicted octanol–water partition coefficient (Wildman–Crippen LogP) is 4.22. The van der Waals surface area contributed by atoms with Crippen molar-refractivity contribution in [1.82, 2.24) is 0 Å². The molecule has 1 unspecified atom stereocenters. The highest BCUT2D eigenvalue weighted by Crippen LogP contribution is 2.23. The summed E-state index contributed by atoms with van der Waals surface area (Å²) in [4.78, 5) is 2.05. The molecule has 3 heteroatoms. The lowest BCUT2D eigenvalue weighted by molar-refractivity contribution is 0.305. The molecule has 0 saturated heterocycles. The quantitative estimate of drug-likeness (QED) is 0.717. The van der Waals surface area contributed by atoms with Crippen LogP contribution in [0.15, 0.2) is 54.6 Å². The van der Waals surface area contributed by atoms with E-state index < -0.39 is 0 Å². The molecule has 0 saturated carbocycles. The second kappa shape index (κ2) is 8.09. The van der Waals surface area contributed by atoms with Gasteiger partial charge in [-0.3, -0.25) is 0 Å². The zero-order valence-electron chi connectivity index (χ0n) is 13.2. The van der Waals surface area contributed by atoms with Gasteiger partial charge in [-0.1, -0.05) is 30.3 Å². The van der Waals surface area contributed by atoms with Crippen molar-refractivity contribution >= 4 is 5.69 Å². The smallest absolute Gasteiger partial charge is 0.119 e. The van der Waals surface area contributed by atoms with Gasteiger partial charge in [0.2, 0.25) is 0 Å². The van der Waals surface area contributed by atoms with Crippen LogP contribution in [0.3, 0.4) is 0 Å². The predicted molar refractivity (Wildman–Crippen MR) is 90.3 cm³/mol. The first kappa shape index (κ1) is 15.9. The lowest BCUT2D eigenvalue weighted by atomic mass is 9.95. The van der Waals surface area contributed by atoms with Crippen LogP contribution in [0.5, 0.6) is 5.75 Å². The first-order chi connectivity index (χ1) is 10.7. The van der Waals surface area contributed by atoms with Gasteiger partial charge < -0.3 is 9.64 Å². The molecule has 0 aliphatic carbocycles. The maximum atomic E-state index is 9.37. The van der Waals surface area contributed by atoms with E-state index in [0.717, 1.165) is 29.8 Å². The summed E-state index contributed by atoms with van der Waals surface area (Å²) in [5.41, 5.74) is 2.22. The van der Waals surface area contributed by atoms with Crippen molar-refractivity contribution in [1.29, 1.82) is 5.26 Å². The molecule has 0 aliphatic rings. The van der Waals surface area contributed by atoms with Gasteiger partial charge in [-0.05, 0) is 42.7 Å². The molecule has 0 aliphatic heterocycles. The van der Waals surface area contributed by atoms with Crippen molar-refractivity contribution in [3.05, 3.63) is 60.2 Å². The van der Waals surface area contributed by atoms with Gasteiger partial charge in [0.05, 0.1) is 18.6 Å². The highest BCUT2D eigenvalue weighted by Gasteiger charge is 2.10. The van der Waals surface area contributed by atoms with E-state index in [1.165, 1.54) is 0 Å². The number of benzene rings is 2. The van der Waals surface area contributed by atoms with Gasteiger partial charge in [0.15, 0.2) is 0 Å². The number of anilines is 1. The molecule has 0 spiro atoms. The van der Waals surface area contributed by atoms with Gasteiger partial charge in [0.1, 0.15) is 5.75 Å². The molecular weight excluding hydrogens is 272 g/mol. The van der Waals surface area contributed by atoms with E-state index in [2.05, 4.69) is 23.1 Å².